The molecule has 2 aliphatic rings. The summed E-state index contributed by atoms with van der Waals surface area (Å²) in [6, 6.07) is 7.71. The van der Waals surface area contributed by atoms with Crippen LogP contribution >= 0.6 is 0 Å². The van der Waals surface area contributed by atoms with Gasteiger partial charge in [-0.3, -0.25) is 9.59 Å². The normalized spacial score (nSPS) is 19.8. The Morgan fingerprint density at radius 2 is 1.93 bits per heavy atom. The number of esters is 1. The number of ether oxygens (including phenoxy) is 3. The minimum absolute atomic E-state index is 0.0313. The minimum Gasteiger partial charge on any atom is -0.457 e. The summed E-state index contributed by atoms with van der Waals surface area (Å²) >= 11 is 0. The van der Waals surface area contributed by atoms with Gasteiger partial charge in [0.1, 0.15) is 0 Å². The second kappa shape index (κ2) is 6.76. The van der Waals surface area contributed by atoms with Crippen molar-refractivity contribution in [3.05, 3.63) is 46.8 Å². The maximum atomic E-state index is 12.5. The van der Waals surface area contributed by atoms with E-state index in [4.69, 9.17) is 14.2 Å². The van der Waals surface area contributed by atoms with Gasteiger partial charge in [0.05, 0.1) is 5.92 Å². The molecule has 1 aliphatic carbocycles. The zero-order chi connectivity index (χ0) is 19.1. The minimum atomic E-state index is -0.259. The lowest BCUT2D eigenvalue weighted by atomic mass is 10.1. The summed E-state index contributed by atoms with van der Waals surface area (Å²) in [6.07, 6.45) is 0.858. The van der Waals surface area contributed by atoms with E-state index in [0.29, 0.717) is 18.0 Å². The topological polar surface area (TPSA) is 66.8 Å². The van der Waals surface area contributed by atoms with Gasteiger partial charge < -0.3 is 18.8 Å². The van der Waals surface area contributed by atoms with Gasteiger partial charge in [-0.05, 0) is 49.9 Å². The molecule has 0 N–H and O–H groups in total. The number of Topliss-reactive ketones (excluding diaryl/α,β-unsaturated/α-hetero) is 1. The van der Waals surface area contributed by atoms with Crippen molar-refractivity contribution in [2.75, 3.05) is 13.4 Å². The van der Waals surface area contributed by atoms with Crippen LogP contribution in [-0.2, 0) is 16.1 Å². The third-order valence-corrected chi connectivity index (χ3v) is 5.41. The Morgan fingerprint density at radius 3 is 2.67 bits per heavy atom. The van der Waals surface area contributed by atoms with Gasteiger partial charge >= 0.3 is 5.97 Å². The molecule has 1 saturated carbocycles. The fraction of sp³-hybridized carbons (Fsp3) is 0.429. The first-order valence-electron chi connectivity index (χ1n) is 9.19. The molecule has 1 fully saturated rings. The summed E-state index contributed by atoms with van der Waals surface area (Å²) in [7, 11) is 0. The van der Waals surface area contributed by atoms with E-state index in [0.717, 1.165) is 34.9 Å². The number of carbonyl (C=O) groups is 2. The molecule has 142 valence electrons. The maximum absolute atomic E-state index is 12.5. The average Bonchev–Trinajstić information content (AvgIpc) is 3.09. The Labute approximate surface area is 158 Å². The molecule has 0 radical (unpaired) electrons. The first-order valence-corrected chi connectivity index (χ1v) is 9.19. The van der Waals surface area contributed by atoms with Crippen LogP contribution in [0.15, 0.2) is 24.3 Å². The third kappa shape index (κ3) is 3.44. The molecule has 2 heterocycles. The number of aromatic nitrogens is 1. The highest BCUT2D eigenvalue weighted by atomic mass is 16.7. The van der Waals surface area contributed by atoms with Crippen LogP contribution in [0.25, 0.3) is 0 Å². The van der Waals surface area contributed by atoms with E-state index in [2.05, 4.69) is 4.57 Å². The molecular formula is C21H23NO5. The van der Waals surface area contributed by atoms with Crippen LogP contribution in [0.1, 0.15) is 40.7 Å². The maximum Gasteiger partial charge on any atom is 0.309 e. The molecule has 4 rings (SSSR count). The molecule has 6 heteroatoms. The molecule has 2 aromatic rings. The standard InChI is InChI=1S/C21H23NO5/c1-12-6-16(12)21(24)25-10-18(23)17-7-13(2)22(14(17)3)9-15-4-5-19-20(8-15)27-11-26-19/h4-5,7-8,12,16H,6,9-11H2,1-3H3/t12-,16+/m0/s1. The van der Waals surface area contributed by atoms with Crippen molar-refractivity contribution in [1.82, 2.24) is 4.57 Å². The molecule has 6 nitrogen and oxygen atoms in total. The van der Waals surface area contributed by atoms with Crippen molar-refractivity contribution >= 4 is 11.8 Å². The number of nitrogens with zero attached hydrogens (tertiary/aromatic N) is 1. The molecule has 0 amide bonds. The number of hydrogen-bond acceptors (Lipinski definition) is 5. The van der Waals surface area contributed by atoms with Crippen molar-refractivity contribution in [2.24, 2.45) is 11.8 Å². The summed E-state index contributed by atoms with van der Waals surface area (Å²) in [5.41, 5.74) is 3.51. The Kier molecular flexibility index (Phi) is 4.42. The molecule has 0 spiro atoms. The van der Waals surface area contributed by atoms with Crippen LogP contribution in [0, 0.1) is 25.7 Å². The summed E-state index contributed by atoms with van der Waals surface area (Å²) < 4.78 is 18.1. The SMILES string of the molecule is Cc1cc(C(=O)COC(=O)[C@@H]2C[C@@H]2C)c(C)n1Cc1ccc2c(c1)OCO2. The predicted octanol–water partition coefficient (Wildman–Crippen LogP) is 3.26. The van der Waals surface area contributed by atoms with Gasteiger partial charge in [0.2, 0.25) is 12.6 Å². The van der Waals surface area contributed by atoms with Crippen molar-refractivity contribution in [3.63, 3.8) is 0 Å². The summed E-state index contributed by atoms with van der Waals surface area (Å²) in [5, 5.41) is 0. The van der Waals surface area contributed by atoms with Crippen LogP contribution in [0.2, 0.25) is 0 Å². The van der Waals surface area contributed by atoms with Gasteiger partial charge in [-0.2, -0.15) is 0 Å². The lowest BCUT2D eigenvalue weighted by Gasteiger charge is -2.11. The van der Waals surface area contributed by atoms with Gasteiger partial charge in [-0.15, -0.1) is 0 Å². The molecule has 1 aromatic heterocycles. The van der Waals surface area contributed by atoms with Crippen LogP contribution in [0.5, 0.6) is 11.5 Å². The van der Waals surface area contributed by atoms with Crippen LogP contribution < -0.4 is 9.47 Å². The zero-order valence-electron chi connectivity index (χ0n) is 15.8. The molecule has 2 atom stereocenters. The molecule has 27 heavy (non-hydrogen) atoms. The van der Waals surface area contributed by atoms with Crippen LogP contribution in [0.3, 0.4) is 0 Å². The third-order valence-electron chi connectivity index (χ3n) is 5.41. The Hall–Kier alpha value is -2.76. The highest BCUT2D eigenvalue weighted by Crippen LogP contribution is 2.38. The van der Waals surface area contributed by atoms with E-state index < -0.39 is 0 Å². The predicted molar refractivity (Wildman–Crippen MR) is 98.1 cm³/mol. The summed E-state index contributed by atoms with van der Waals surface area (Å²) in [5.74, 6) is 1.41. The summed E-state index contributed by atoms with van der Waals surface area (Å²) in [4.78, 5) is 24.4. The fourth-order valence-electron chi connectivity index (χ4n) is 3.52. The molecule has 0 unspecified atom stereocenters. The van der Waals surface area contributed by atoms with Crippen molar-refractivity contribution in [3.8, 4) is 11.5 Å². The van der Waals surface area contributed by atoms with E-state index in [-0.39, 0.29) is 31.1 Å². The Morgan fingerprint density at radius 1 is 1.19 bits per heavy atom. The molecular weight excluding hydrogens is 346 g/mol. The van der Waals surface area contributed by atoms with Gasteiger partial charge in [0, 0.05) is 23.5 Å². The quantitative estimate of drug-likeness (QED) is 0.578. The molecule has 0 bridgehead atoms. The van der Waals surface area contributed by atoms with E-state index in [9.17, 15) is 9.59 Å². The number of fused-ring (bicyclic) bond motifs is 1. The van der Waals surface area contributed by atoms with E-state index in [1.807, 2.05) is 45.0 Å². The van der Waals surface area contributed by atoms with Crippen molar-refractivity contribution in [2.45, 2.75) is 33.7 Å². The second-order valence-electron chi connectivity index (χ2n) is 7.41. The van der Waals surface area contributed by atoms with Crippen molar-refractivity contribution < 1.29 is 23.8 Å². The van der Waals surface area contributed by atoms with Crippen LogP contribution in [-0.4, -0.2) is 29.7 Å². The van der Waals surface area contributed by atoms with Crippen LogP contribution in [0.4, 0.5) is 0 Å². The highest BCUT2D eigenvalue weighted by Gasteiger charge is 2.40. The Balaban J connectivity index is 1.46. The Bertz CT molecular complexity index is 914. The number of aryl methyl sites for hydroxylation is 1. The van der Waals surface area contributed by atoms with Crippen molar-refractivity contribution in [1.29, 1.82) is 0 Å². The van der Waals surface area contributed by atoms with Gasteiger partial charge in [-0.1, -0.05) is 13.0 Å². The number of carbonyl (C=O) groups excluding carboxylic acids is 2. The first kappa shape index (κ1) is 17.6. The molecule has 1 aliphatic heterocycles. The van der Waals surface area contributed by atoms with Gasteiger partial charge in [0.15, 0.2) is 18.1 Å². The van der Waals surface area contributed by atoms with E-state index >= 15 is 0 Å². The largest absolute Gasteiger partial charge is 0.457 e. The van der Waals surface area contributed by atoms with Gasteiger partial charge in [0.25, 0.3) is 0 Å². The molecule has 0 saturated heterocycles. The lowest BCUT2D eigenvalue weighted by molar-refractivity contribution is -0.144. The van der Waals surface area contributed by atoms with Gasteiger partial charge in [-0.25, -0.2) is 0 Å². The molecule has 1 aromatic carbocycles. The fourth-order valence-corrected chi connectivity index (χ4v) is 3.52. The smallest absolute Gasteiger partial charge is 0.309 e. The number of benzene rings is 1. The number of hydrogen-bond donors (Lipinski definition) is 0. The second-order valence-corrected chi connectivity index (χ2v) is 7.41. The summed E-state index contributed by atoms with van der Waals surface area (Å²) in [6.45, 7) is 6.57. The first-order chi connectivity index (χ1) is 12.9. The highest BCUT2D eigenvalue weighted by molar-refractivity contribution is 5.99. The van der Waals surface area contributed by atoms with E-state index in [1.165, 1.54) is 0 Å². The zero-order valence-corrected chi connectivity index (χ0v) is 15.8. The monoisotopic (exact) mass is 369 g/mol. The van der Waals surface area contributed by atoms with E-state index in [1.54, 1.807) is 0 Å². The number of ketones is 1. The lowest BCUT2D eigenvalue weighted by Crippen LogP contribution is -2.16. The average molecular weight is 369 g/mol. The number of rotatable bonds is 6.